The molecule has 134 valence electrons. The Labute approximate surface area is 149 Å². The molecule has 10 heteroatoms. The van der Waals surface area contributed by atoms with E-state index in [0.29, 0.717) is 48.8 Å². The van der Waals surface area contributed by atoms with Crippen LogP contribution in [0.3, 0.4) is 0 Å². The fourth-order valence-corrected chi connectivity index (χ4v) is 4.66. The second kappa shape index (κ2) is 6.64. The number of hydrogen-bond acceptors (Lipinski definition) is 5. The molecule has 8 nitrogen and oxygen atoms in total. The highest BCUT2D eigenvalue weighted by atomic mass is 79.9. The second-order valence-electron chi connectivity index (χ2n) is 6.18. The molecule has 0 unspecified atom stereocenters. The van der Waals surface area contributed by atoms with Gasteiger partial charge in [-0.15, -0.1) is 0 Å². The van der Waals surface area contributed by atoms with Crippen molar-refractivity contribution < 1.29 is 17.9 Å². The maximum atomic E-state index is 12.7. The highest BCUT2D eigenvalue weighted by molar-refractivity contribution is 9.10. The van der Waals surface area contributed by atoms with Crippen LogP contribution in [0.25, 0.3) is 0 Å². The minimum Gasteiger partial charge on any atom is -0.477 e. The summed E-state index contributed by atoms with van der Waals surface area (Å²) in [6.07, 6.45) is 0.862. The summed E-state index contributed by atoms with van der Waals surface area (Å²) >= 11 is 3.40. The Morgan fingerprint density at radius 2 is 1.88 bits per heavy atom. The van der Waals surface area contributed by atoms with E-state index in [1.54, 1.807) is 23.4 Å². The number of carbonyl (C=O) groups is 1. The van der Waals surface area contributed by atoms with E-state index in [2.05, 4.69) is 21.0 Å². The topological polar surface area (TPSA) is 84.7 Å². The van der Waals surface area contributed by atoms with E-state index < -0.39 is 15.3 Å². The van der Waals surface area contributed by atoms with Crippen molar-refractivity contribution in [3.05, 3.63) is 10.2 Å². The van der Waals surface area contributed by atoms with E-state index in [1.807, 2.05) is 0 Å². The maximum absolute atomic E-state index is 12.7. The lowest BCUT2D eigenvalue weighted by Gasteiger charge is -2.34. The van der Waals surface area contributed by atoms with E-state index in [4.69, 9.17) is 4.74 Å². The molecule has 3 rings (SSSR count). The number of rotatable bonds is 3. The molecule has 3 heterocycles. The summed E-state index contributed by atoms with van der Waals surface area (Å²) in [7, 11) is -3.28. The molecule has 1 aromatic rings. The molecule has 0 spiro atoms. The summed E-state index contributed by atoms with van der Waals surface area (Å²) in [5.74, 6) is 0.389. The van der Waals surface area contributed by atoms with Crippen molar-refractivity contribution in [2.75, 3.05) is 32.8 Å². The predicted octanol–water partition coefficient (Wildman–Crippen LogP) is 0.924. The SMILES string of the molecule is CC(C)S(=O)(=O)N1CCN(C(=O)c2nn3c(c2Br)OCCC3)CC1. The highest BCUT2D eigenvalue weighted by Crippen LogP contribution is 2.32. The zero-order valence-corrected chi connectivity index (χ0v) is 16.1. The number of sulfonamides is 1. The lowest BCUT2D eigenvalue weighted by molar-refractivity contribution is 0.0689. The number of carbonyl (C=O) groups excluding carboxylic acids is 1. The van der Waals surface area contributed by atoms with Gasteiger partial charge in [-0.3, -0.25) is 4.79 Å². The Morgan fingerprint density at radius 1 is 1.21 bits per heavy atom. The molecule has 0 aliphatic carbocycles. The van der Waals surface area contributed by atoms with Crippen molar-refractivity contribution in [1.82, 2.24) is 19.0 Å². The average molecular weight is 421 g/mol. The molecule has 0 atom stereocenters. The highest BCUT2D eigenvalue weighted by Gasteiger charge is 2.33. The van der Waals surface area contributed by atoms with Crippen LogP contribution in [0.1, 0.15) is 30.8 Å². The van der Waals surface area contributed by atoms with Gasteiger partial charge < -0.3 is 9.64 Å². The fraction of sp³-hybridized carbons (Fsp3) is 0.714. The van der Waals surface area contributed by atoms with Crippen LogP contribution in [0.15, 0.2) is 4.47 Å². The number of halogens is 1. The van der Waals surface area contributed by atoms with E-state index >= 15 is 0 Å². The Balaban J connectivity index is 1.71. The van der Waals surface area contributed by atoms with Crippen molar-refractivity contribution in [2.24, 2.45) is 0 Å². The van der Waals surface area contributed by atoms with Crippen LogP contribution in [0.4, 0.5) is 0 Å². The van der Waals surface area contributed by atoms with Crippen LogP contribution in [0, 0.1) is 0 Å². The van der Waals surface area contributed by atoms with Crippen LogP contribution in [-0.2, 0) is 16.6 Å². The Bertz CT molecular complexity index is 738. The van der Waals surface area contributed by atoms with Crippen molar-refractivity contribution >= 4 is 31.9 Å². The Hall–Kier alpha value is -1.13. The van der Waals surface area contributed by atoms with Gasteiger partial charge in [0.25, 0.3) is 5.91 Å². The van der Waals surface area contributed by atoms with Crippen molar-refractivity contribution in [3.63, 3.8) is 0 Å². The largest absolute Gasteiger partial charge is 0.477 e. The third-order valence-corrected chi connectivity index (χ3v) is 7.28. The first-order chi connectivity index (χ1) is 11.3. The minimum atomic E-state index is -3.28. The van der Waals surface area contributed by atoms with Gasteiger partial charge in [-0.05, 0) is 29.8 Å². The van der Waals surface area contributed by atoms with Gasteiger partial charge >= 0.3 is 0 Å². The number of aromatic nitrogens is 2. The van der Waals surface area contributed by atoms with Gasteiger partial charge in [0.15, 0.2) is 5.69 Å². The van der Waals surface area contributed by atoms with E-state index in [0.717, 1.165) is 13.0 Å². The molecule has 1 amide bonds. The van der Waals surface area contributed by atoms with Gasteiger partial charge in [0.2, 0.25) is 15.9 Å². The number of fused-ring (bicyclic) bond motifs is 1. The number of amides is 1. The molecule has 2 aliphatic rings. The molecule has 2 aliphatic heterocycles. The van der Waals surface area contributed by atoms with Crippen molar-refractivity contribution in [2.45, 2.75) is 32.1 Å². The first kappa shape index (κ1) is 17.7. The van der Waals surface area contributed by atoms with Gasteiger partial charge in [-0.1, -0.05) is 0 Å². The molecule has 0 radical (unpaired) electrons. The van der Waals surface area contributed by atoms with Crippen molar-refractivity contribution in [1.29, 1.82) is 0 Å². The quantitative estimate of drug-likeness (QED) is 0.725. The summed E-state index contributed by atoms with van der Waals surface area (Å²) in [4.78, 5) is 14.4. The molecule has 1 aromatic heterocycles. The first-order valence-corrected chi connectivity index (χ1v) is 10.3. The maximum Gasteiger partial charge on any atom is 0.275 e. The van der Waals surface area contributed by atoms with Crippen LogP contribution < -0.4 is 4.74 Å². The average Bonchev–Trinajstić information content (AvgIpc) is 2.91. The molecular weight excluding hydrogens is 400 g/mol. The number of hydrogen-bond donors (Lipinski definition) is 0. The zero-order valence-electron chi connectivity index (χ0n) is 13.7. The molecule has 0 saturated carbocycles. The minimum absolute atomic E-state index is 0.200. The first-order valence-electron chi connectivity index (χ1n) is 7.99. The molecule has 1 saturated heterocycles. The smallest absolute Gasteiger partial charge is 0.275 e. The van der Waals surface area contributed by atoms with E-state index in [1.165, 1.54) is 4.31 Å². The molecule has 0 bridgehead atoms. The predicted molar refractivity (Wildman–Crippen MR) is 91.6 cm³/mol. The van der Waals surface area contributed by atoms with Gasteiger partial charge in [0.1, 0.15) is 4.47 Å². The number of nitrogens with zero attached hydrogens (tertiary/aromatic N) is 4. The van der Waals surface area contributed by atoms with Crippen LogP contribution in [-0.4, -0.2) is 71.3 Å². The Kier molecular flexibility index (Phi) is 4.89. The van der Waals surface area contributed by atoms with E-state index in [9.17, 15) is 13.2 Å². The van der Waals surface area contributed by atoms with Gasteiger partial charge in [0.05, 0.1) is 11.9 Å². The molecule has 1 fully saturated rings. The fourth-order valence-electron chi connectivity index (χ4n) is 2.83. The summed E-state index contributed by atoms with van der Waals surface area (Å²) in [5.41, 5.74) is 0.326. The zero-order chi connectivity index (χ0) is 17.5. The second-order valence-corrected chi connectivity index (χ2v) is 9.46. The summed E-state index contributed by atoms with van der Waals surface area (Å²) in [5, 5.41) is 3.89. The van der Waals surface area contributed by atoms with Gasteiger partial charge in [-0.2, -0.15) is 9.40 Å². The molecule has 0 aromatic carbocycles. The third-order valence-electron chi connectivity index (χ3n) is 4.29. The van der Waals surface area contributed by atoms with Crippen molar-refractivity contribution in [3.8, 4) is 5.88 Å². The third kappa shape index (κ3) is 3.06. The van der Waals surface area contributed by atoms with Gasteiger partial charge in [-0.25, -0.2) is 13.1 Å². The lowest BCUT2D eigenvalue weighted by atomic mass is 10.3. The number of aryl methyl sites for hydroxylation is 1. The van der Waals surface area contributed by atoms with Gasteiger partial charge in [0, 0.05) is 39.1 Å². The molecular formula is C14H21BrN4O4S. The summed E-state index contributed by atoms with van der Waals surface area (Å²) < 4.78 is 33.7. The van der Waals surface area contributed by atoms with E-state index in [-0.39, 0.29) is 5.91 Å². The number of piperazine rings is 1. The summed E-state index contributed by atoms with van der Waals surface area (Å²) in [6, 6.07) is 0. The van der Waals surface area contributed by atoms with Crippen LogP contribution >= 0.6 is 15.9 Å². The van der Waals surface area contributed by atoms with Crippen LogP contribution in [0.5, 0.6) is 5.88 Å². The molecule has 0 N–H and O–H groups in total. The summed E-state index contributed by atoms with van der Waals surface area (Å²) in [6.45, 7) is 6.02. The normalized spacial score (nSPS) is 19.2. The standard InChI is InChI=1S/C14H21BrN4O4S/c1-10(2)24(21,22)18-7-5-17(6-8-18)13(20)12-11(15)14-19(16-12)4-3-9-23-14/h10H,3-9H2,1-2H3. The molecule has 24 heavy (non-hydrogen) atoms. The van der Waals surface area contributed by atoms with Crippen LogP contribution in [0.2, 0.25) is 0 Å². The lowest BCUT2D eigenvalue weighted by Crippen LogP contribution is -2.52. The number of ether oxygens (including phenoxy) is 1. The monoisotopic (exact) mass is 420 g/mol. The Morgan fingerprint density at radius 3 is 2.46 bits per heavy atom.